The molecule has 0 aromatic rings. The molecule has 0 N–H and O–H groups in total. The number of morpholine rings is 1. The predicted octanol–water partition coefficient (Wildman–Crippen LogP) is 1.91. The van der Waals surface area contributed by atoms with Crippen LogP contribution in [0.3, 0.4) is 0 Å². The van der Waals surface area contributed by atoms with Crippen LogP contribution in [0.4, 0.5) is 0 Å². The minimum absolute atomic E-state index is 0.0243. The Bertz CT molecular complexity index is 179. The van der Waals surface area contributed by atoms with Crippen molar-refractivity contribution in [3.8, 4) is 0 Å². The highest BCUT2D eigenvalue weighted by Crippen LogP contribution is 2.11. The van der Waals surface area contributed by atoms with Crippen LogP contribution in [0.5, 0.6) is 0 Å². The van der Waals surface area contributed by atoms with Crippen molar-refractivity contribution in [1.82, 2.24) is 4.90 Å². The molecule has 0 amide bonds. The Morgan fingerprint density at radius 2 is 1.73 bits per heavy atom. The Labute approximate surface area is 93.7 Å². The van der Waals surface area contributed by atoms with Gasteiger partial charge in [-0.15, -0.1) is 0 Å². The lowest BCUT2D eigenvalue weighted by Crippen LogP contribution is -2.46. The van der Waals surface area contributed by atoms with Crippen LogP contribution < -0.4 is 0 Å². The molecule has 0 bridgehead atoms. The second kappa shape index (κ2) is 5.28. The van der Waals surface area contributed by atoms with Gasteiger partial charge in [0.1, 0.15) is 0 Å². The van der Waals surface area contributed by atoms with Gasteiger partial charge in [0.2, 0.25) is 0 Å². The number of nitrogens with zero attached hydrogens (tertiary/aromatic N) is 1. The summed E-state index contributed by atoms with van der Waals surface area (Å²) in [6.45, 7) is 14.4. The van der Waals surface area contributed by atoms with Gasteiger partial charge in [0.15, 0.2) is 0 Å². The Balaban J connectivity index is 2.21. The normalized spacial score (nSPS) is 29.4. The molecular weight excluding hydrogens is 190 g/mol. The largest absolute Gasteiger partial charge is 0.375 e. The van der Waals surface area contributed by atoms with Crippen LogP contribution in [0.25, 0.3) is 0 Å². The molecule has 0 aliphatic carbocycles. The average Bonchev–Trinajstić information content (AvgIpc) is 1.99. The maximum atomic E-state index is 5.72. The maximum Gasteiger partial charge on any atom is 0.0678 e. The highest BCUT2D eigenvalue weighted by atomic mass is 16.5. The summed E-state index contributed by atoms with van der Waals surface area (Å²) in [5.41, 5.74) is -0.0243. The molecule has 0 aromatic heterocycles. The fourth-order valence-electron chi connectivity index (χ4n) is 1.95. The lowest BCUT2D eigenvalue weighted by molar-refractivity contribution is -0.0813. The number of hydrogen-bond donors (Lipinski definition) is 0. The van der Waals surface area contributed by atoms with Crippen molar-refractivity contribution < 1.29 is 9.47 Å². The molecular formula is C12H25NO2. The Morgan fingerprint density at radius 3 is 2.20 bits per heavy atom. The monoisotopic (exact) mass is 215 g/mol. The fourth-order valence-corrected chi connectivity index (χ4v) is 1.95. The summed E-state index contributed by atoms with van der Waals surface area (Å²) in [5, 5.41) is 0. The molecule has 2 unspecified atom stereocenters. The molecule has 1 aliphatic rings. The molecule has 2 atom stereocenters. The molecule has 0 spiro atoms. The maximum absolute atomic E-state index is 5.72. The molecule has 1 fully saturated rings. The van der Waals surface area contributed by atoms with Gasteiger partial charge in [-0.05, 0) is 34.6 Å². The van der Waals surface area contributed by atoms with Gasteiger partial charge >= 0.3 is 0 Å². The van der Waals surface area contributed by atoms with Crippen LogP contribution in [0.2, 0.25) is 0 Å². The first kappa shape index (κ1) is 12.9. The van der Waals surface area contributed by atoms with Gasteiger partial charge in [0.25, 0.3) is 0 Å². The van der Waals surface area contributed by atoms with E-state index in [-0.39, 0.29) is 5.60 Å². The van der Waals surface area contributed by atoms with Crippen LogP contribution >= 0.6 is 0 Å². The van der Waals surface area contributed by atoms with E-state index < -0.39 is 0 Å². The Hall–Kier alpha value is -0.120. The first-order chi connectivity index (χ1) is 6.87. The van der Waals surface area contributed by atoms with Crippen LogP contribution in [-0.4, -0.2) is 49.0 Å². The lowest BCUT2D eigenvalue weighted by atomic mass is 10.2. The van der Waals surface area contributed by atoms with E-state index in [1.165, 1.54) is 0 Å². The summed E-state index contributed by atoms with van der Waals surface area (Å²) >= 11 is 0. The van der Waals surface area contributed by atoms with E-state index in [1.54, 1.807) is 0 Å². The molecule has 1 rings (SSSR count). The van der Waals surface area contributed by atoms with E-state index in [4.69, 9.17) is 9.47 Å². The van der Waals surface area contributed by atoms with E-state index in [0.717, 1.165) is 26.2 Å². The second-order valence-corrected chi connectivity index (χ2v) is 5.48. The fraction of sp³-hybridized carbons (Fsp3) is 1.00. The van der Waals surface area contributed by atoms with E-state index in [0.29, 0.717) is 12.2 Å². The van der Waals surface area contributed by atoms with Crippen molar-refractivity contribution in [1.29, 1.82) is 0 Å². The third-order valence-electron chi connectivity index (χ3n) is 2.44. The zero-order valence-corrected chi connectivity index (χ0v) is 10.7. The van der Waals surface area contributed by atoms with Gasteiger partial charge in [-0.2, -0.15) is 0 Å². The smallest absolute Gasteiger partial charge is 0.0678 e. The molecule has 90 valence electrons. The highest BCUT2D eigenvalue weighted by molar-refractivity contribution is 4.73. The van der Waals surface area contributed by atoms with Gasteiger partial charge in [0, 0.05) is 19.6 Å². The van der Waals surface area contributed by atoms with Gasteiger partial charge in [-0.3, -0.25) is 4.90 Å². The van der Waals surface area contributed by atoms with Gasteiger partial charge < -0.3 is 9.47 Å². The standard InChI is InChI=1S/C12H25NO2/c1-10-8-13(9-11(2)15-10)6-7-14-12(3,4)5/h10-11H,6-9H2,1-5H3. The molecule has 3 heteroatoms. The van der Waals surface area contributed by atoms with E-state index in [2.05, 4.69) is 39.5 Å². The minimum atomic E-state index is -0.0243. The first-order valence-corrected chi connectivity index (χ1v) is 5.88. The summed E-state index contributed by atoms with van der Waals surface area (Å²) < 4.78 is 11.4. The van der Waals surface area contributed by atoms with Gasteiger partial charge in [-0.1, -0.05) is 0 Å². The molecule has 1 saturated heterocycles. The van der Waals surface area contributed by atoms with E-state index in [9.17, 15) is 0 Å². The van der Waals surface area contributed by atoms with Crippen LogP contribution in [0, 0.1) is 0 Å². The van der Waals surface area contributed by atoms with Crippen molar-refractivity contribution in [2.24, 2.45) is 0 Å². The Morgan fingerprint density at radius 1 is 1.20 bits per heavy atom. The highest BCUT2D eigenvalue weighted by Gasteiger charge is 2.22. The molecule has 0 radical (unpaired) electrons. The van der Waals surface area contributed by atoms with Crippen molar-refractivity contribution in [3.63, 3.8) is 0 Å². The zero-order valence-electron chi connectivity index (χ0n) is 10.7. The average molecular weight is 215 g/mol. The van der Waals surface area contributed by atoms with Crippen molar-refractivity contribution >= 4 is 0 Å². The first-order valence-electron chi connectivity index (χ1n) is 5.88. The summed E-state index contributed by atoms with van der Waals surface area (Å²) in [5.74, 6) is 0. The summed E-state index contributed by atoms with van der Waals surface area (Å²) in [7, 11) is 0. The van der Waals surface area contributed by atoms with Crippen LogP contribution in [0.15, 0.2) is 0 Å². The predicted molar refractivity (Wildman–Crippen MR) is 62.2 cm³/mol. The quantitative estimate of drug-likeness (QED) is 0.718. The number of rotatable bonds is 3. The van der Waals surface area contributed by atoms with E-state index in [1.807, 2.05) is 0 Å². The molecule has 0 saturated carbocycles. The van der Waals surface area contributed by atoms with Gasteiger partial charge in [0.05, 0.1) is 24.4 Å². The van der Waals surface area contributed by atoms with Crippen molar-refractivity contribution in [2.75, 3.05) is 26.2 Å². The molecule has 15 heavy (non-hydrogen) atoms. The molecule has 0 aromatic carbocycles. The summed E-state index contributed by atoms with van der Waals surface area (Å²) in [4.78, 5) is 2.42. The molecule has 3 nitrogen and oxygen atoms in total. The zero-order chi connectivity index (χ0) is 11.5. The Kier molecular flexibility index (Phi) is 4.56. The number of hydrogen-bond acceptors (Lipinski definition) is 3. The van der Waals surface area contributed by atoms with Gasteiger partial charge in [-0.25, -0.2) is 0 Å². The van der Waals surface area contributed by atoms with Crippen LogP contribution in [-0.2, 0) is 9.47 Å². The summed E-state index contributed by atoms with van der Waals surface area (Å²) in [6, 6.07) is 0. The van der Waals surface area contributed by atoms with E-state index >= 15 is 0 Å². The third-order valence-corrected chi connectivity index (χ3v) is 2.44. The SMILES string of the molecule is CC1CN(CCOC(C)(C)C)CC(C)O1. The second-order valence-electron chi connectivity index (χ2n) is 5.48. The number of ether oxygens (including phenoxy) is 2. The molecule has 1 heterocycles. The van der Waals surface area contributed by atoms with Crippen molar-refractivity contribution in [2.45, 2.75) is 52.4 Å². The molecule has 1 aliphatic heterocycles. The lowest BCUT2D eigenvalue weighted by Gasteiger charge is -2.35. The third kappa shape index (κ3) is 5.50. The van der Waals surface area contributed by atoms with Crippen LogP contribution in [0.1, 0.15) is 34.6 Å². The topological polar surface area (TPSA) is 21.7 Å². The van der Waals surface area contributed by atoms with Crippen molar-refractivity contribution in [3.05, 3.63) is 0 Å². The minimum Gasteiger partial charge on any atom is -0.375 e. The summed E-state index contributed by atoms with van der Waals surface area (Å²) in [6.07, 6.45) is 0.701.